The average Bonchev–Trinajstić information content (AvgIpc) is 2.91. The summed E-state index contributed by atoms with van der Waals surface area (Å²) in [5.74, 6) is -1.10. The van der Waals surface area contributed by atoms with Crippen molar-refractivity contribution in [2.45, 2.75) is 31.3 Å². The fourth-order valence-corrected chi connectivity index (χ4v) is 5.26. The lowest BCUT2D eigenvalue weighted by Crippen LogP contribution is -2.50. The molecule has 202 valence electrons. The van der Waals surface area contributed by atoms with Gasteiger partial charge < -0.3 is 15.0 Å². The van der Waals surface area contributed by atoms with Crippen LogP contribution in [-0.2, 0) is 26.2 Å². The molecule has 0 aromatic heterocycles. The summed E-state index contributed by atoms with van der Waals surface area (Å²) in [5, 5.41) is 3.04. The third-order valence-electron chi connectivity index (χ3n) is 5.80. The van der Waals surface area contributed by atoms with Crippen molar-refractivity contribution < 1.29 is 27.1 Å². The lowest BCUT2D eigenvalue weighted by molar-refractivity contribution is -0.139. The molecular formula is C27H29ClFN3O5S. The van der Waals surface area contributed by atoms with Gasteiger partial charge in [0.25, 0.3) is 10.0 Å². The van der Waals surface area contributed by atoms with Crippen molar-refractivity contribution in [3.63, 3.8) is 0 Å². The van der Waals surface area contributed by atoms with E-state index >= 15 is 0 Å². The van der Waals surface area contributed by atoms with Crippen LogP contribution >= 0.6 is 11.6 Å². The first-order valence-electron chi connectivity index (χ1n) is 11.8. The monoisotopic (exact) mass is 561 g/mol. The number of sulfonamides is 1. The van der Waals surface area contributed by atoms with Gasteiger partial charge in [0.2, 0.25) is 11.8 Å². The van der Waals surface area contributed by atoms with E-state index in [1.807, 2.05) is 6.92 Å². The third kappa shape index (κ3) is 7.02. The van der Waals surface area contributed by atoms with Crippen LogP contribution < -0.4 is 14.4 Å². The maximum absolute atomic E-state index is 13.7. The Bertz CT molecular complexity index is 1350. The van der Waals surface area contributed by atoms with E-state index in [9.17, 15) is 22.4 Å². The predicted octanol–water partition coefficient (Wildman–Crippen LogP) is 4.24. The molecule has 0 aliphatic heterocycles. The smallest absolute Gasteiger partial charge is 0.264 e. The molecule has 1 atom stereocenters. The third-order valence-corrected chi connectivity index (χ3v) is 7.84. The Morgan fingerprint density at radius 1 is 1.00 bits per heavy atom. The van der Waals surface area contributed by atoms with Crippen molar-refractivity contribution in [3.05, 3.63) is 89.2 Å². The normalized spacial score (nSPS) is 11.9. The SMILES string of the molecule is CCOc1ccc(N(CC(=O)N(Cc2ccc(Cl)cc2)C(C)C(=O)NC)S(=O)(=O)c2ccc(F)cc2)cc1. The van der Waals surface area contributed by atoms with Gasteiger partial charge in [0.1, 0.15) is 24.2 Å². The number of rotatable bonds is 11. The Balaban J connectivity index is 2.02. The van der Waals surface area contributed by atoms with Gasteiger partial charge in [0.15, 0.2) is 0 Å². The molecule has 3 aromatic carbocycles. The minimum Gasteiger partial charge on any atom is -0.494 e. The van der Waals surface area contributed by atoms with Gasteiger partial charge in [-0.2, -0.15) is 0 Å². The fraction of sp³-hybridized carbons (Fsp3) is 0.259. The molecule has 1 unspecified atom stereocenters. The summed E-state index contributed by atoms with van der Waals surface area (Å²) in [5.41, 5.74) is 0.901. The van der Waals surface area contributed by atoms with Crippen molar-refractivity contribution in [2.24, 2.45) is 0 Å². The molecular weight excluding hydrogens is 533 g/mol. The van der Waals surface area contributed by atoms with Crippen LogP contribution in [0.2, 0.25) is 5.02 Å². The quantitative estimate of drug-likeness (QED) is 0.378. The van der Waals surface area contributed by atoms with E-state index in [-0.39, 0.29) is 17.1 Å². The molecule has 1 N–H and O–H groups in total. The summed E-state index contributed by atoms with van der Waals surface area (Å²) in [6.45, 7) is 3.23. The second-order valence-electron chi connectivity index (χ2n) is 8.33. The zero-order valence-corrected chi connectivity index (χ0v) is 22.8. The second-order valence-corrected chi connectivity index (χ2v) is 10.6. The van der Waals surface area contributed by atoms with E-state index in [0.29, 0.717) is 22.9 Å². The van der Waals surface area contributed by atoms with Crippen LogP contribution in [0.1, 0.15) is 19.4 Å². The van der Waals surface area contributed by atoms with Crippen LogP contribution in [0.15, 0.2) is 77.7 Å². The molecule has 3 rings (SSSR count). The fourth-order valence-electron chi connectivity index (χ4n) is 3.72. The summed E-state index contributed by atoms with van der Waals surface area (Å²) >= 11 is 5.98. The van der Waals surface area contributed by atoms with E-state index in [2.05, 4.69) is 5.32 Å². The first kappa shape index (κ1) is 28.9. The zero-order chi connectivity index (χ0) is 27.9. The summed E-state index contributed by atoms with van der Waals surface area (Å²) in [7, 11) is -2.84. The molecule has 0 aliphatic carbocycles. The number of benzene rings is 3. The van der Waals surface area contributed by atoms with E-state index in [1.54, 1.807) is 43.3 Å². The number of likely N-dealkylation sites (N-methyl/N-ethyl adjacent to an activating group) is 1. The van der Waals surface area contributed by atoms with Crippen molar-refractivity contribution in [1.82, 2.24) is 10.2 Å². The Kier molecular flexibility index (Phi) is 9.71. The summed E-state index contributed by atoms with van der Waals surface area (Å²) in [6, 6.07) is 16.4. The van der Waals surface area contributed by atoms with Crippen LogP contribution in [-0.4, -0.2) is 51.4 Å². The van der Waals surface area contributed by atoms with E-state index in [4.69, 9.17) is 16.3 Å². The van der Waals surface area contributed by atoms with E-state index in [0.717, 1.165) is 28.6 Å². The van der Waals surface area contributed by atoms with Gasteiger partial charge in [-0.1, -0.05) is 23.7 Å². The number of carbonyl (C=O) groups is 2. The molecule has 0 heterocycles. The molecule has 0 aliphatic rings. The largest absolute Gasteiger partial charge is 0.494 e. The highest BCUT2D eigenvalue weighted by molar-refractivity contribution is 7.92. The van der Waals surface area contributed by atoms with Crippen LogP contribution in [0, 0.1) is 5.82 Å². The number of nitrogens with one attached hydrogen (secondary N) is 1. The van der Waals surface area contributed by atoms with Crippen LogP contribution in [0.4, 0.5) is 10.1 Å². The Hall–Kier alpha value is -3.63. The topological polar surface area (TPSA) is 96.0 Å². The van der Waals surface area contributed by atoms with Gasteiger partial charge in [-0.3, -0.25) is 13.9 Å². The Morgan fingerprint density at radius 3 is 2.16 bits per heavy atom. The lowest BCUT2D eigenvalue weighted by Gasteiger charge is -2.31. The molecule has 0 bridgehead atoms. The van der Waals surface area contributed by atoms with Crippen molar-refractivity contribution >= 4 is 39.1 Å². The highest BCUT2D eigenvalue weighted by atomic mass is 35.5. The molecule has 8 nitrogen and oxygen atoms in total. The van der Waals surface area contributed by atoms with Gasteiger partial charge in [0, 0.05) is 18.6 Å². The first-order valence-corrected chi connectivity index (χ1v) is 13.6. The summed E-state index contributed by atoms with van der Waals surface area (Å²) in [6.07, 6.45) is 0. The highest BCUT2D eigenvalue weighted by Crippen LogP contribution is 2.27. The van der Waals surface area contributed by atoms with E-state index in [1.165, 1.54) is 24.1 Å². The Morgan fingerprint density at radius 2 is 1.61 bits per heavy atom. The number of anilines is 1. The van der Waals surface area contributed by atoms with Crippen molar-refractivity contribution in [3.8, 4) is 5.75 Å². The van der Waals surface area contributed by atoms with Gasteiger partial charge in [-0.15, -0.1) is 0 Å². The number of ether oxygens (including phenoxy) is 1. The van der Waals surface area contributed by atoms with Crippen molar-refractivity contribution in [1.29, 1.82) is 0 Å². The lowest BCUT2D eigenvalue weighted by atomic mass is 10.1. The van der Waals surface area contributed by atoms with Crippen molar-refractivity contribution in [2.75, 3.05) is 24.5 Å². The van der Waals surface area contributed by atoms with Gasteiger partial charge in [-0.05, 0) is 80.1 Å². The van der Waals surface area contributed by atoms with Gasteiger partial charge in [-0.25, -0.2) is 12.8 Å². The number of nitrogens with zero attached hydrogens (tertiary/aromatic N) is 2. The number of carbonyl (C=O) groups excluding carboxylic acids is 2. The zero-order valence-electron chi connectivity index (χ0n) is 21.2. The predicted molar refractivity (Wildman–Crippen MR) is 144 cm³/mol. The molecule has 0 spiro atoms. The summed E-state index contributed by atoms with van der Waals surface area (Å²) < 4.78 is 47.3. The van der Waals surface area contributed by atoms with Gasteiger partial charge >= 0.3 is 0 Å². The molecule has 38 heavy (non-hydrogen) atoms. The van der Waals surface area contributed by atoms with Gasteiger partial charge in [0.05, 0.1) is 17.2 Å². The highest BCUT2D eigenvalue weighted by Gasteiger charge is 2.32. The number of hydrogen-bond donors (Lipinski definition) is 1. The van der Waals surface area contributed by atoms with E-state index < -0.39 is 40.2 Å². The number of halogens is 2. The number of amides is 2. The second kappa shape index (κ2) is 12.7. The average molecular weight is 562 g/mol. The molecule has 0 saturated carbocycles. The maximum atomic E-state index is 13.7. The molecule has 11 heteroatoms. The standard InChI is InChI=1S/C27H29ClFN3O5S/c1-4-37-24-13-11-23(12-14-24)32(38(35,36)25-15-9-22(29)10-16-25)18-26(33)31(19(2)27(34)30-3)17-20-5-7-21(28)8-6-20/h5-16,19H,4,17-18H2,1-3H3,(H,30,34). The minimum atomic E-state index is -4.29. The van der Waals surface area contributed by atoms with Crippen LogP contribution in [0.25, 0.3) is 0 Å². The first-order chi connectivity index (χ1) is 18.1. The molecule has 0 fully saturated rings. The molecule has 3 aromatic rings. The van der Waals surface area contributed by atoms with Crippen LogP contribution in [0.5, 0.6) is 5.75 Å². The minimum absolute atomic E-state index is 0.0400. The summed E-state index contributed by atoms with van der Waals surface area (Å²) in [4.78, 5) is 27.3. The maximum Gasteiger partial charge on any atom is 0.264 e. The van der Waals surface area contributed by atoms with Crippen LogP contribution in [0.3, 0.4) is 0 Å². The molecule has 0 radical (unpaired) electrons. The Labute approximate surface area is 227 Å². The molecule has 0 saturated heterocycles. The number of hydrogen-bond acceptors (Lipinski definition) is 5. The molecule has 2 amide bonds.